The maximum Gasteiger partial charge on any atom is 0.231 e. The van der Waals surface area contributed by atoms with Gasteiger partial charge in [-0.1, -0.05) is 35.9 Å². The molecule has 6 nitrogen and oxygen atoms in total. The van der Waals surface area contributed by atoms with Crippen LogP contribution in [0.3, 0.4) is 0 Å². The third-order valence-electron chi connectivity index (χ3n) is 5.28. The normalized spacial score (nSPS) is 18.6. The zero-order chi connectivity index (χ0) is 20.1. The summed E-state index contributed by atoms with van der Waals surface area (Å²) in [6, 6.07) is 11.9. The number of hydrogen-bond acceptors (Lipinski definition) is 6. The molecule has 0 amide bonds. The molecule has 146 valence electrons. The monoisotopic (exact) mass is 408 g/mol. The molecule has 1 aliphatic heterocycles. The predicted molar refractivity (Wildman–Crippen MR) is 107 cm³/mol. The largest absolute Gasteiger partial charge is 0.489 e. The Hall–Kier alpha value is -2.96. The average molecular weight is 409 g/mol. The number of hydrogen-bond donors (Lipinski definition) is 0. The van der Waals surface area contributed by atoms with Crippen molar-refractivity contribution in [2.24, 2.45) is 0 Å². The summed E-state index contributed by atoms with van der Waals surface area (Å²) in [5, 5.41) is 0.400. The highest BCUT2D eigenvalue weighted by Crippen LogP contribution is 2.35. The molecule has 0 radical (unpaired) electrons. The Morgan fingerprint density at radius 3 is 2.59 bits per heavy atom. The molecule has 0 spiro atoms. The van der Waals surface area contributed by atoms with E-state index >= 15 is 0 Å². The van der Waals surface area contributed by atoms with Crippen molar-refractivity contribution in [2.75, 3.05) is 20.1 Å². The molecule has 29 heavy (non-hydrogen) atoms. The van der Waals surface area contributed by atoms with Crippen molar-refractivity contribution in [3.8, 4) is 17.2 Å². The zero-order valence-electron chi connectivity index (χ0n) is 15.6. The van der Waals surface area contributed by atoms with Crippen molar-refractivity contribution in [2.45, 2.75) is 12.5 Å². The fourth-order valence-electron chi connectivity index (χ4n) is 3.80. The summed E-state index contributed by atoms with van der Waals surface area (Å²) in [5.74, 6) is 0.0306. The van der Waals surface area contributed by atoms with Crippen molar-refractivity contribution in [3.05, 3.63) is 70.1 Å². The van der Waals surface area contributed by atoms with Crippen LogP contribution in [0.1, 0.15) is 38.6 Å². The average Bonchev–Trinajstić information content (AvgIpc) is 3.34. The number of likely N-dealkylation sites (tertiary alicyclic amines) is 1. The molecule has 0 saturated carbocycles. The van der Waals surface area contributed by atoms with Gasteiger partial charge in [-0.3, -0.25) is 9.59 Å². The first kappa shape index (κ1) is 18.1. The summed E-state index contributed by atoms with van der Waals surface area (Å²) in [6.45, 7) is 1.84. The van der Waals surface area contributed by atoms with E-state index < -0.39 is 0 Å². The van der Waals surface area contributed by atoms with Crippen LogP contribution in [0.5, 0.6) is 5.75 Å². The third-order valence-corrected chi connectivity index (χ3v) is 5.61. The van der Waals surface area contributed by atoms with E-state index in [-0.39, 0.29) is 35.0 Å². The number of carbonyl (C=O) groups is 2. The van der Waals surface area contributed by atoms with Crippen molar-refractivity contribution in [1.29, 1.82) is 0 Å². The topological polar surface area (TPSA) is 72.6 Å². The smallest absolute Gasteiger partial charge is 0.231 e. The first-order valence-corrected chi connectivity index (χ1v) is 9.73. The Bertz CT molecular complexity index is 1100. The Labute approximate surface area is 172 Å². The molecular weight excluding hydrogens is 392 g/mol. The number of carbonyl (C=O) groups excluding carboxylic acids is 2. The van der Waals surface area contributed by atoms with Gasteiger partial charge in [-0.15, -0.1) is 0 Å². The predicted octanol–water partition coefficient (Wildman–Crippen LogP) is 3.85. The molecule has 5 rings (SSSR count). The van der Waals surface area contributed by atoms with Gasteiger partial charge >= 0.3 is 0 Å². The van der Waals surface area contributed by atoms with Gasteiger partial charge in [-0.2, -0.15) is 0 Å². The van der Waals surface area contributed by atoms with Gasteiger partial charge in [0.1, 0.15) is 11.9 Å². The number of ether oxygens (including phenoxy) is 1. The van der Waals surface area contributed by atoms with Gasteiger partial charge in [-0.05, 0) is 31.7 Å². The number of aromatic nitrogens is 1. The number of rotatable bonds is 3. The Balaban J connectivity index is 1.52. The van der Waals surface area contributed by atoms with Gasteiger partial charge in [-0.25, -0.2) is 4.98 Å². The Morgan fingerprint density at radius 1 is 1.10 bits per heavy atom. The van der Waals surface area contributed by atoms with E-state index in [0.29, 0.717) is 27.5 Å². The van der Waals surface area contributed by atoms with Crippen LogP contribution in [0.2, 0.25) is 5.02 Å². The second-order valence-corrected chi connectivity index (χ2v) is 7.74. The number of fused-ring (bicyclic) bond motifs is 2. The van der Waals surface area contributed by atoms with E-state index in [9.17, 15) is 9.59 Å². The first-order valence-electron chi connectivity index (χ1n) is 9.35. The molecule has 0 unspecified atom stereocenters. The van der Waals surface area contributed by atoms with Crippen LogP contribution < -0.4 is 4.74 Å². The molecular formula is C22H17ClN2O4. The Kier molecular flexibility index (Phi) is 4.26. The highest BCUT2D eigenvalue weighted by molar-refractivity contribution is 6.33. The van der Waals surface area contributed by atoms with Crippen LogP contribution in [-0.2, 0) is 0 Å². The van der Waals surface area contributed by atoms with E-state index in [1.54, 1.807) is 42.5 Å². The minimum absolute atomic E-state index is 0.0171. The Morgan fingerprint density at radius 2 is 1.86 bits per heavy atom. The van der Waals surface area contributed by atoms with Crippen molar-refractivity contribution in [3.63, 3.8) is 0 Å². The van der Waals surface area contributed by atoms with Gasteiger partial charge in [0.15, 0.2) is 5.69 Å². The lowest BCUT2D eigenvalue weighted by Gasteiger charge is -2.14. The summed E-state index contributed by atoms with van der Waals surface area (Å²) in [5.41, 5.74) is 1.15. The number of likely N-dealkylation sites (N-methyl/N-ethyl adjacent to an activating group) is 1. The lowest BCUT2D eigenvalue weighted by molar-refractivity contribution is 0.0959. The molecule has 2 aliphatic rings. The SMILES string of the molecule is CN1CC[C@@H](Oc2ccc(Cl)c(-c3nc4c(o3)C(=O)c3ccccc3C4=O)c2)C1. The van der Waals surface area contributed by atoms with Crippen LogP contribution in [0.15, 0.2) is 46.9 Å². The van der Waals surface area contributed by atoms with E-state index in [1.165, 1.54) is 0 Å². The first-order chi connectivity index (χ1) is 14.0. The van der Waals surface area contributed by atoms with Gasteiger partial charge in [0.25, 0.3) is 0 Å². The number of ketones is 2. The molecule has 1 aromatic heterocycles. The molecule has 1 atom stereocenters. The maximum atomic E-state index is 12.8. The van der Waals surface area contributed by atoms with E-state index in [1.807, 2.05) is 0 Å². The third kappa shape index (κ3) is 3.05. The molecule has 1 saturated heterocycles. The molecule has 7 heteroatoms. The standard InChI is InChI=1S/C22H17ClN2O4/c1-25-9-8-13(11-25)28-12-6-7-17(23)16(10-12)22-24-18-19(26)14-4-2-3-5-15(14)20(27)21(18)29-22/h2-7,10,13H,8-9,11H2,1H3/t13-/m1/s1. The summed E-state index contributed by atoms with van der Waals surface area (Å²) >= 11 is 6.36. The highest BCUT2D eigenvalue weighted by Gasteiger charge is 2.35. The fraction of sp³-hybridized carbons (Fsp3) is 0.227. The molecule has 1 fully saturated rings. The summed E-state index contributed by atoms with van der Waals surface area (Å²) in [4.78, 5) is 32.1. The van der Waals surface area contributed by atoms with Gasteiger partial charge < -0.3 is 14.1 Å². The molecule has 0 N–H and O–H groups in total. The van der Waals surface area contributed by atoms with Crippen molar-refractivity contribution in [1.82, 2.24) is 9.88 Å². The number of halogens is 1. The second kappa shape index (κ2) is 6.83. The number of nitrogens with zero attached hydrogens (tertiary/aromatic N) is 2. The van der Waals surface area contributed by atoms with Crippen LogP contribution in [0, 0.1) is 0 Å². The van der Waals surface area contributed by atoms with E-state index in [2.05, 4.69) is 16.9 Å². The van der Waals surface area contributed by atoms with Crippen LogP contribution in [-0.4, -0.2) is 47.7 Å². The fourth-order valence-corrected chi connectivity index (χ4v) is 4.00. The minimum Gasteiger partial charge on any atom is -0.489 e. The van der Waals surface area contributed by atoms with Crippen LogP contribution >= 0.6 is 11.6 Å². The zero-order valence-corrected chi connectivity index (χ0v) is 16.4. The van der Waals surface area contributed by atoms with Crippen molar-refractivity contribution < 1.29 is 18.7 Å². The molecule has 2 aromatic carbocycles. The van der Waals surface area contributed by atoms with E-state index in [0.717, 1.165) is 19.5 Å². The van der Waals surface area contributed by atoms with Crippen LogP contribution in [0.4, 0.5) is 0 Å². The van der Waals surface area contributed by atoms with E-state index in [4.69, 9.17) is 20.8 Å². The van der Waals surface area contributed by atoms with Crippen LogP contribution in [0.25, 0.3) is 11.5 Å². The molecule has 0 bridgehead atoms. The van der Waals surface area contributed by atoms with Gasteiger partial charge in [0.05, 0.1) is 10.6 Å². The molecule has 1 aliphatic carbocycles. The van der Waals surface area contributed by atoms with Crippen molar-refractivity contribution >= 4 is 23.2 Å². The lowest BCUT2D eigenvalue weighted by Crippen LogP contribution is -2.21. The molecule has 2 heterocycles. The summed E-state index contributed by atoms with van der Waals surface area (Å²) in [7, 11) is 2.06. The minimum atomic E-state index is -0.355. The number of benzene rings is 2. The van der Waals surface area contributed by atoms with Gasteiger partial charge in [0.2, 0.25) is 23.2 Å². The summed E-state index contributed by atoms with van der Waals surface area (Å²) in [6.07, 6.45) is 1.05. The quantitative estimate of drug-likeness (QED) is 0.512. The maximum absolute atomic E-state index is 12.8. The second-order valence-electron chi connectivity index (χ2n) is 7.33. The highest BCUT2D eigenvalue weighted by atomic mass is 35.5. The van der Waals surface area contributed by atoms with Gasteiger partial charge in [0, 0.05) is 24.2 Å². The summed E-state index contributed by atoms with van der Waals surface area (Å²) < 4.78 is 11.8. The molecule has 3 aromatic rings. The lowest BCUT2D eigenvalue weighted by atomic mass is 9.91. The number of oxazole rings is 1.